The Kier molecular flexibility index (Phi) is 8.16. The van der Waals surface area contributed by atoms with Crippen LogP contribution >= 0.6 is 0 Å². The molecule has 1 aromatic rings. The molecule has 1 saturated heterocycles. The van der Waals surface area contributed by atoms with Gasteiger partial charge in [0, 0.05) is 51.7 Å². The van der Waals surface area contributed by atoms with Gasteiger partial charge in [0.1, 0.15) is 0 Å². The summed E-state index contributed by atoms with van der Waals surface area (Å²) in [5, 5.41) is 6.81. The summed E-state index contributed by atoms with van der Waals surface area (Å²) < 4.78 is 2.18. The van der Waals surface area contributed by atoms with E-state index in [1.807, 2.05) is 0 Å². The van der Waals surface area contributed by atoms with Crippen molar-refractivity contribution < 1.29 is 0 Å². The number of nitrogens with one attached hydrogen (secondary N) is 2. The van der Waals surface area contributed by atoms with Crippen LogP contribution in [-0.2, 0) is 6.54 Å². The lowest BCUT2D eigenvalue weighted by Crippen LogP contribution is -2.41. The zero-order valence-corrected chi connectivity index (χ0v) is 15.7. The summed E-state index contributed by atoms with van der Waals surface area (Å²) in [6.45, 7) is 14.1. The van der Waals surface area contributed by atoms with Gasteiger partial charge in [-0.05, 0) is 50.3 Å². The molecule has 5 nitrogen and oxygen atoms in total. The number of hydrogen-bond donors (Lipinski definition) is 2. The molecule has 136 valence electrons. The summed E-state index contributed by atoms with van der Waals surface area (Å²) in [6, 6.07) is 4.12. The fourth-order valence-electron chi connectivity index (χ4n) is 3.37. The zero-order valence-electron chi connectivity index (χ0n) is 15.7. The number of likely N-dealkylation sites (tertiary alicyclic amines) is 1. The van der Waals surface area contributed by atoms with Crippen molar-refractivity contribution >= 4 is 5.96 Å². The van der Waals surface area contributed by atoms with Gasteiger partial charge >= 0.3 is 0 Å². The average molecular weight is 334 g/mol. The minimum Gasteiger partial charge on any atom is -0.357 e. The van der Waals surface area contributed by atoms with Crippen molar-refractivity contribution in [1.82, 2.24) is 20.1 Å². The van der Waals surface area contributed by atoms with Crippen molar-refractivity contribution in [3.63, 3.8) is 0 Å². The maximum absolute atomic E-state index is 4.83. The van der Waals surface area contributed by atoms with E-state index in [0.29, 0.717) is 5.92 Å². The first-order valence-corrected chi connectivity index (χ1v) is 9.52. The highest BCUT2D eigenvalue weighted by atomic mass is 15.2. The Hall–Kier alpha value is -1.49. The largest absolute Gasteiger partial charge is 0.357 e. The first-order chi connectivity index (χ1) is 11.7. The second-order valence-electron chi connectivity index (χ2n) is 7.23. The maximum atomic E-state index is 4.83. The Balaban J connectivity index is 1.76. The van der Waals surface area contributed by atoms with E-state index in [4.69, 9.17) is 4.99 Å². The second-order valence-corrected chi connectivity index (χ2v) is 7.23. The van der Waals surface area contributed by atoms with Gasteiger partial charge in [0.25, 0.3) is 0 Å². The summed E-state index contributed by atoms with van der Waals surface area (Å²) >= 11 is 0. The third-order valence-corrected chi connectivity index (χ3v) is 4.41. The van der Waals surface area contributed by atoms with Gasteiger partial charge in [0.15, 0.2) is 5.96 Å². The second kappa shape index (κ2) is 10.4. The average Bonchev–Trinajstić information content (AvgIpc) is 3.06. The molecule has 0 bridgehead atoms. The monoisotopic (exact) mass is 333 g/mol. The minimum absolute atomic E-state index is 0.692. The van der Waals surface area contributed by atoms with E-state index in [1.165, 1.54) is 32.5 Å². The fraction of sp³-hybridized carbons (Fsp3) is 0.737. The first-order valence-electron chi connectivity index (χ1n) is 9.52. The molecule has 24 heavy (non-hydrogen) atoms. The van der Waals surface area contributed by atoms with E-state index >= 15 is 0 Å². The van der Waals surface area contributed by atoms with E-state index < -0.39 is 0 Å². The molecule has 1 fully saturated rings. The molecule has 0 spiro atoms. The Labute approximate surface area is 147 Å². The third kappa shape index (κ3) is 6.95. The maximum Gasteiger partial charge on any atom is 0.191 e. The Morgan fingerprint density at radius 1 is 1.25 bits per heavy atom. The Morgan fingerprint density at radius 2 is 2.04 bits per heavy atom. The van der Waals surface area contributed by atoms with Crippen LogP contribution in [0, 0.1) is 11.8 Å². The predicted molar refractivity (Wildman–Crippen MR) is 102 cm³/mol. The lowest BCUT2D eigenvalue weighted by molar-refractivity contribution is 0.162. The molecule has 0 aromatic carbocycles. The van der Waals surface area contributed by atoms with Gasteiger partial charge in [-0.25, -0.2) is 0 Å². The van der Waals surface area contributed by atoms with Gasteiger partial charge in [-0.1, -0.05) is 13.8 Å². The quantitative estimate of drug-likeness (QED) is 0.567. The first kappa shape index (κ1) is 18.8. The van der Waals surface area contributed by atoms with Gasteiger partial charge in [-0.3, -0.25) is 4.99 Å². The number of piperidine rings is 1. The van der Waals surface area contributed by atoms with Crippen LogP contribution < -0.4 is 10.6 Å². The number of rotatable bonds is 8. The standard InChI is InChI=1S/C19H35N5/c1-4-20-19(21-9-13-23-10-5-6-11-23)22-14-18-8-7-12-24(16-18)15-17(2)3/h5-6,10-11,17-18H,4,7-9,12-16H2,1-3H3,(H2,20,21,22). The van der Waals surface area contributed by atoms with E-state index in [1.54, 1.807) is 0 Å². The highest BCUT2D eigenvalue weighted by Crippen LogP contribution is 2.17. The molecule has 5 heteroatoms. The van der Waals surface area contributed by atoms with Crippen LogP contribution in [0.1, 0.15) is 33.6 Å². The van der Waals surface area contributed by atoms with Crippen molar-refractivity contribution in [2.45, 2.75) is 40.2 Å². The molecule has 2 heterocycles. The normalized spacial score (nSPS) is 19.7. The third-order valence-electron chi connectivity index (χ3n) is 4.41. The molecule has 1 atom stereocenters. The van der Waals surface area contributed by atoms with Crippen molar-refractivity contribution in [1.29, 1.82) is 0 Å². The molecule has 2 rings (SSSR count). The molecule has 0 amide bonds. The van der Waals surface area contributed by atoms with Gasteiger partial charge in [0.05, 0.1) is 0 Å². The molecule has 1 unspecified atom stereocenters. The number of aromatic nitrogens is 1. The molecule has 1 aliphatic heterocycles. The van der Waals surface area contributed by atoms with Gasteiger partial charge in [0.2, 0.25) is 0 Å². The molecule has 0 aliphatic carbocycles. The van der Waals surface area contributed by atoms with Crippen LogP contribution in [-0.4, -0.2) is 54.7 Å². The summed E-state index contributed by atoms with van der Waals surface area (Å²) in [7, 11) is 0. The number of aliphatic imine (C=N–C) groups is 1. The van der Waals surface area contributed by atoms with Crippen molar-refractivity contribution in [2.75, 3.05) is 39.3 Å². The van der Waals surface area contributed by atoms with Crippen LogP contribution in [0.2, 0.25) is 0 Å². The van der Waals surface area contributed by atoms with Crippen LogP contribution in [0.5, 0.6) is 0 Å². The summed E-state index contributed by atoms with van der Waals surface area (Å²) in [5.74, 6) is 2.39. The van der Waals surface area contributed by atoms with Gasteiger partial charge in [-0.2, -0.15) is 0 Å². The molecule has 0 radical (unpaired) electrons. The lowest BCUT2D eigenvalue weighted by Gasteiger charge is -2.33. The summed E-state index contributed by atoms with van der Waals surface area (Å²) in [6.07, 6.45) is 6.81. The molecule has 1 aromatic heterocycles. The number of guanidine groups is 1. The molecule has 0 saturated carbocycles. The molecule has 2 N–H and O–H groups in total. The lowest BCUT2D eigenvalue weighted by atomic mass is 9.97. The van der Waals surface area contributed by atoms with Gasteiger partial charge < -0.3 is 20.1 Å². The van der Waals surface area contributed by atoms with Crippen molar-refractivity contribution in [3.8, 4) is 0 Å². The van der Waals surface area contributed by atoms with Crippen LogP contribution in [0.25, 0.3) is 0 Å². The van der Waals surface area contributed by atoms with Crippen molar-refractivity contribution in [2.24, 2.45) is 16.8 Å². The van der Waals surface area contributed by atoms with Gasteiger partial charge in [-0.15, -0.1) is 0 Å². The Bertz CT molecular complexity index is 466. The summed E-state index contributed by atoms with van der Waals surface area (Å²) in [4.78, 5) is 7.44. The van der Waals surface area contributed by atoms with Crippen LogP contribution in [0.15, 0.2) is 29.5 Å². The molecule has 1 aliphatic rings. The Morgan fingerprint density at radius 3 is 2.75 bits per heavy atom. The SMILES string of the molecule is CCNC(=NCC1CCCN(CC(C)C)C1)NCCn1cccc1. The van der Waals surface area contributed by atoms with Crippen LogP contribution in [0.4, 0.5) is 0 Å². The van der Waals surface area contributed by atoms with Crippen molar-refractivity contribution in [3.05, 3.63) is 24.5 Å². The van der Waals surface area contributed by atoms with E-state index in [2.05, 4.69) is 65.4 Å². The number of nitrogens with zero attached hydrogens (tertiary/aromatic N) is 3. The predicted octanol–water partition coefficient (Wildman–Crippen LogP) is 2.41. The van der Waals surface area contributed by atoms with Crippen LogP contribution in [0.3, 0.4) is 0 Å². The topological polar surface area (TPSA) is 44.6 Å². The molecular weight excluding hydrogens is 298 g/mol. The highest BCUT2D eigenvalue weighted by molar-refractivity contribution is 5.79. The number of hydrogen-bond acceptors (Lipinski definition) is 2. The summed E-state index contributed by atoms with van der Waals surface area (Å²) in [5.41, 5.74) is 0. The smallest absolute Gasteiger partial charge is 0.191 e. The minimum atomic E-state index is 0.692. The fourth-order valence-corrected chi connectivity index (χ4v) is 3.37. The molecular formula is C19H35N5. The van der Waals surface area contributed by atoms with E-state index in [-0.39, 0.29) is 0 Å². The zero-order chi connectivity index (χ0) is 17.2. The van der Waals surface area contributed by atoms with E-state index in [9.17, 15) is 0 Å². The highest BCUT2D eigenvalue weighted by Gasteiger charge is 2.20. The van der Waals surface area contributed by atoms with E-state index in [0.717, 1.165) is 38.1 Å².